The number of imidazole rings is 1. The summed E-state index contributed by atoms with van der Waals surface area (Å²) in [7, 11) is 6.21. The summed E-state index contributed by atoms with van der Waals surface area (Å²) < 4.78 is 2.27. The van der Waals surface area contributed by atoms with E-state index < -0.39 is 0 Å². The Hall–Kier alpha value is -4.67. The van der Waals surface area contributed by atoms with Gasteiger partial charge in [0.05, 0.1) is 11.5 Å². The first kappa shape index (κ1) is 30.8. The second-order valence-electron chi connectivity index (χ2n) is 11.1. The Labute approximate surface area is 266 Å². The van der Waals surface area contributed by atoms with Crippen LogP contribution in [0.3, 0.4) is 0 Å². The molecule has 6 aromatic rings. The number of benzene rings is 5. The monoisotopic (exact) mass is 584 g/mol. The second-order valence-corrected chi connectivity index (χ2v) is 12.7. The van der Waals surface area contributed by atoms with Crippen LogP contribution in [0.5, 0.6) is 0 Å². The summed E-state index contributed by atoms with van der Waals surface area (Å²) in [6.45, 7) is 4.55. The van der Waals surface area contributed by atoms with Gasteiger partial charge in [-0.2, -0.15) is 0 Å². The van der Waals surface area contributed by atoms with E-state index in [2.05, 4.69) is 139 Å². The fraction of sp³-hybridized carbons (Fsp3) is 0.125. The van der Waals surface area contributed by atoms with Crippen LogP contribution in [0.4, 0.5) is 0 Å². The van der Waals surface area contributed by atoms with Crippen molar-refractivity contribution in [2.75, 3.05) is 0 Å². The van der Waals surface area contributed by atoms with E-state index in [1.54, 1.807) is 5.98 Å². The summed E-state index contributed by atoms with van der Waals surface area (Å²) >= 11 is 0. The molecular weight excluding hydrogens is 547 g/mol. The van der Waals surface area contributed by atoms with E-state index in [1.807, 2.05) is 48.9 Å². The zero-order chi connectivity index (χ0) is 30.6. The molecule has 0 unspecified atom stereocenters. The van der Waals surface area contributed by atoms with E-state index in [9.17, 15) is 0 Å². The summed E-state index contributed by atoms with van der Waals surface area (Å²) in [5.74, 6) is 2.31. The van der Waals surface area contributed by atoms with Crippen LogP contribution in [-0.2, 0) is 11.6 Å². The third kappa shape index (κ3) is 7.45. The first-order valence-corrected chi connectivity index (χ1v) is 16.1. The van der Waals surface area contributed by atoms with Crippen molar-refractivity contribution in [1.82, 2.24) is 9.55 Å². The Morgan fingerprint density at radius 2 is 1.25 bits per heavy atom. The molecule has 0 aliphatic rings. The van der Waals surface area contributed by atoms with Crippen molar-refractivity contribution < 1.29 is 0 Å². The molecule has 0 atom stereocenters. The van der Waals surface area contributed by atoms with Crippen LogP contribution < -0.4 is 5.19 Å². The van der Waals surface area contributed by atoms with Crippen molar-refractivity contribution in [1.29, 1.82) is 0 Å². The van der Waals surface area contributed by atoms with Gasteiger partial charge in [-0.05, 0) is 45.7 Å². The highest BCUT2D eigenvalue weighted by molar-refractivity contribution is 6.57. The maximum Gasteiger partial charge on any atom is 0.127 e. The lowest BCUT2D eigenvalue weighted by Crippen LogP contribution is -2.46. The van der Waals surface area contributed by atoms with Gasteiger partial charge in [-0.3, -0.25) is 0 Å². The average molecular weight is 585 g/mol. The fourth-order valence-corrected chi connectivity index (χ4v) is 7.28. The summed E-state index contributed by atoms with van der Waals surface area (Å²) in [6.07, 6.45) is 7.02. The second kappa shape index (κ2) is 15.2. The van der Waals surface area contributed by atoms with E-state index in [-0.39, 0.29) is 5.16 Å². The van der Waals surface area contributed by atoms with Crippen LogP contribution in [-0.4, -0.2) is 26.9 Å². The van der Waals surface area contributed by atoms with Gasteiger partial charge in [0, 0.05) is 12.4 Å². The number of nitrogens with zero attached hydrogens (tertiary/aromatic N) is 2. The Morgan fingerprint density at radius 1 is 0.727 bits per heavy atom. The van der Waals surface area contributed by atoms with E-state index in [1.165, 1.54) is 21.9 Å². The van der Waals surface area contributed by atoms with Gasteiger partial charge in [0.25, 0.3) is 0 Å². The zero-order valence-electron chi connectivity index (χ0n) is 25.4. The third-order valence-corrected chi connectivity index (χ3v) is 9.30. The molecule has 1 aromatic heterocycles. The molecular formula is C40H37BN2Si. The molecule has 0 amide bonds. The number of aromatic nitrogens is 2. The maximum absolute atomic E-state index is 5.67. The Balaban J connectivity index is 0.000000215. The van der Waals surface area contributed by atoms with E-state index >= 15 is 0 Å². The lowest BCUT2D eigenvalue weighted by atomic mass is 9.92. The van der Waals surface area contributed by atoms with Crippen LogP contribution in [0.1, 0.15) is 41.7 Å². The van der Waals surface area contributed by atoms with Crippen LogP contribution in [0.15, 0.2) is 170 Å². The van der Waals surface area contributed by atoms with E-state index in [4.69, 9.17) is 7.85 Å². The first-order valence-electron chi connectivity index (χ1n) is 15.1. The lowest BCUT2D eigenvalue weighted by Gasteiger charge is -2.36. The van der Waals surface area contributed by atoms with Gasteiger partial charge < -0.3 is 4.57 Å². The molecule has 0 spiro atoms. The van der Waals surface area contributed by atoms with Crippen LogP contribution >= 0.6 is 0 Å². The first-order chi connectivity index (χ1) is 21.6. The molecule has 214 valence electrons. The predicted octanol–water partition coefficient (Wildman–Crippen LogP) is 8.11. The average Bonchev–Trinajstić information content (AvgIpc) is 3.62. The molecule has 5 aromatic carbocycles. The standard InChI is InChI=1S/C26H26N2Si.C14H11B/c1-21(2)18-22-10-9-15-25(19-22)29-26(28-17-16-27-20-28,23-11-5-3-6-12-23)24-13-7-4-8-14-24;15-11-14(12-7-3-1-4-8-12)13-9-5-2-6-10-13/h3-17,19-21H,18H2,1-2H3;1-11H. The van der Waals surface area contributed by atoms with Crippen molar-refractivity contribution in [3.8, 4) is 0 Å². The van der Waals surface area contributed by atoms with Gasteiger partial charge in [0.2, 0.25) is 0 Å². The van der Waals surface area contributed by atoms with Crippen molar-refractivity contribution in [2.45, 2.75) is 25.4 Å². The highest BCUT2D eigenvalue weighted by Crippen LogP contribution is 2.33. The molecule has 4 heteroatoms. The SMILES string of the molecule is CC(C)Cc1cccc([Si]C(c2ccccc2)(c2ccccc2)n2ccnc2)c1.[B]C=C(c1ccccc1)c1ccccc1. The molecule has 4 radical (unpaired) electrons. The van der Waals surface area contributed by atoms with E-state index in [0.29, 0.717) is 15.4 Å². The normalized spacial score (nSPS) is 11.0. The molecule has 0 saturated carbocycles. The Morgan fingerprint density at radius 3 is 1.70 bits per heavy atom. The minimum Gasteiger partial charge on any atom is -0.326 e. The molecule has 0 aliphatic carbocycles. The molecule has 0 saturated heterocycles. The van der Waals surface area contributed by atoms with Crippen LogP contribution in [0, 0.1) is 5.92 Å². The number of hydrogen-bond acceptors (Lipinski definition) is 1. The molecule has 44 heavy (non-hydrogen) atoms. The van der Waals surface area contributed by atoms with Crippen LogP contribution in [0.2, 0.25) is 0 Å². The lowest BCUT2D eigenvalue weighted by molar-refractivity contribution is 0.596. The van der Waals surface area contributed by atoms with Gasteiger partial charge >= 0.3 is 0 Å². The molecule has 0 N–H and O–H groups in total. The third-order valence-electron chi connectivity index (χ3n) is 7.51. The molecule has 1 heterocycles. The molecule has 0 fully saturated rings. The predicted molar refractivity (Wildman–Crippen MR) is 187 cm³/mol. The zero-order valence-corrected chi connectivity index (χ0v) is 26.4. The summed E-state index contributed by atoms with van der Waals surface area (Å²) in [4.78, 5) is 4.41. The van der Waals surface area contributed by atoms with Gasteiger partial charge in [-0.15, -0.1) is 5.98 Å². The highest BCUT2D eigenvalue weighted by Gasteiger charge is 2.37. The van der Waals surface area contributed by atoms with Crippen molar-refractivity contribution >= 4 is 28.1 Å². The summed E-state index contributed by atoms with van der Waals surface area (Å²) in [5, 5.41) is 1.04. The van der Waals surface area contributed by atoms with Crippen molar-refractivity contribution in [2.24, 2.45) is 5.92 Å². The van der Waals surface area contributed by atoms with Gasteiger partial charge in [0.15, 0.2) is 0 Å². The van der Waals surface area contributed by atoms with Crippen molar-refractivity contribution in [3.05, 3.63) is 198 Å². The van der Waals surface area contributed by atoms with Crippen molar-refractivity contribution in [3.63, 3.8) is 0 Å². The number of rotatable bonds is 9. The van der Waals surface area contributed by atoms with Crippen LogP contribution in [0.25, 0.3) is 5.57 Å². The molecule has 0 bridgehead atoms. The topological polar surface area (TPSA) is 17.8 Å². The molecule has 0 aliphatic heterocycles. The summed E-state index contributed by atoms with van der Waals surface area (Å²) in [6, 6.07) is 51.0. The van der Waals surface area contributed by atoms with Gasteiger partial charge in [-0.1, -0.05) is 165 Å². The van der Waals surface area contributed by atoms with E-state index in [0.717, 1.165) is 23.1 Å². The fourth-order valence-electron chi connectivity index (χ4n) is 5.54. The maximum atomic E-state index is 5.67. The molecule has 6 rings (SSSR count). The quantitative estimate of drug-likeness (QED) is 0.157. The van der Waals surface area contributed by atoms with Gasteiger partial charge in [0.1, 0.15) is 17.4 Å². The largest absolute Gasteiger partial charge is 0.326 e. The Bertz CT molecular complexity index is 1640. The molecule has 2 nitrogen and oxygen atoms in total. The smallest absolute Gasteiger partial charge is 0.127 e. The Kier molecular flexibility index (Phi) is 10.6. The summed E-state index contributed by atoms with van der Waals surface area (Å²) in [5.41, 5.74) is 7.31. The van der Waals surface area contributed by atoms with Gasteiger partial charge in [-0.25, -0.2) is 4.98 Å². The minimum absolute atomic E-state index is 0.324. The highest BCUT2D eigenvalue weighted by atomic mass is 28.2. The minimum atomic E-state index is -0.324. The number of hydrogen-bond donors (Lipinski definition) is 0.